The van der Waals surface area contributed by atoms with Crippen molar-refractivity contribution in [2.24, 2.45) is 0 Å². The highest BCUT2D eigenvalue weighted by molar-refractivity contribution is 7.15. The average Bonchev–Trinajstić information content (AvgIpc) is 3.37. The third-order valence-corrected chi connectivity index (χ3v) is 5.63. The Kier molecular flexibility index (Phi) is 4.09. The fraction of sp³-hybridized carbons (Fsp3) is 0.118. The number of aliphatic hydroxyl groups is 1. The van der Waals surface area contributed by atoms with Gasteiger partial charge in [-0.1, -0.05) is 23.5 Å². The quantitative estimate of drug-likeness (QED) is 0.695. The van der Waals surface area contributed by atoms with E-state index in [1.165, 1.54) is 27.6 Å². The molecule has 4 rings (SSSR count). The average molecular weight is 384 g/mol. The van der Waals surface area contributed by atoms with Crippen LogP contribution in [0, 0.1) is 6.92 Å². The number of hydrogen-bond donors (Lipinski definition) is 1. The van der Waals surface area contributed by atoms with E-state index in [-0.39, 0.29) is 11.4 Å². The lowest BCUT2D eigenvalue weighted by Crippen LogP contribution is -2.31. The van der Waals surface area contributed by atoms with Crippen LogP contribution in [0.5, 0.6) is 0 Å². The molecular weight excluding hydrogens is 372 g/mol. The van der Waals surface area contributed by atoms with E-state index in [0.717, 1.165) is 0 Å². The van der Waals surface area contributed by atoms with Crippen LogP contribution >= 0.6 is 22.7 Å². The highest BCUT2D eigenvalue weighted by Gasteiger charge is 2.46. The zero-order valence-electron chi connectivity index (χ0n) is 13.5. The summed E-state index contributed by atoms with van der Waals surface area (Å²) in [5.41, 5.74) is 0.635. The van der Waals surface area contributed by atoms with E-state index in [1.807, 2.05) is 0 Å². The van der Waals surface area contributed by atoms with E-state index in [2.05, 4.69) is 15.2 Å². The molecule has 0 aromatic carbocycles. The van der Waals surface area contributed by atoms with Gasteiger partial charge >= 0.3 is 0 Å². The van der Waals surface area contributed by atoms with Crippen molar-refractivity contribution in [3.05, 3.63) is 68.8 Å². The van der Waals surface area contributed by atoms with Crippen molar-refractivity contribution in [1.82, 2.24) is 15.2 Å². The van der Waals surface area contributed by atoms with E-state index < -0.39 is 17.7 Å². The molecule has 0 fully saturated rings. The summed E-state index contributed by atoms with van der Waals surface area (Å²) >= 11 is 2.47. The topological polar surface area (TPSA) is 96.3 Å². The highest BCUT2D eigenvalue weighted by atomic mass is 32.1. The van der Waals surface area contributed by atoms with Crippen LogP contribution in [0.15, 0.2) is 53.4 Å². The lowest BCUT2D eigenvalue weighted by Gasteiger charge is -2.23. The van der Waals surface area contributed by atoms with E-state index in [9.17, 15) is 14.7 Å². The lowest BCUT2D eigenvalue weighted by molar-refractivity contribution is -0.117. The fourth-order valence-corrected chi connectivity index (χ4v) is 4.20. The second-order valence-corrected chi connectivity index (χ2v) is 7.64. The molecule has 7 nitrogen and oxygen atoms in total. The van der Waals surface area contributed by atoms with Gasteiger partial charge in [-0.3, -0.25) is 19.5 Å². The second kappa shape index (κ2) is 6.43. The summed E-state index contributed by atoms with van der Waals surface area (Å²) in [5, 5.41) is 21.2. The minimum Gasteiger partial charge on any atom is -0.503 e. The van der Waals surface area contributed by atoms with Crippen LogP contribution in [0.1, 0.15) is 26.3 Å². The Morgan fingerprint density at radius 3 is 2.73 bits per heavy atom. The number of anilines is 1. The molecule has 0 aliphatic carbocycles. The van der Waals surface area contributed by atoms with Gasteiger partial charge in [-0.05, 0) is 30.0 Å². The van der Waals surface area contributed by atoms with Gasteiger partial charge < -0.3 is 5.11 Å². The van der Waals surface area contributed by atoms with E-state index >= 15 is 0 Å². The molecule has 1 atom stereocenters. The molecule has 4 heterocycles. The first-order chi connectivity index (χ1) is 12.6. The molecule has 0 radical (unpaired) electrons. The van der Waals surface area contributed by atoms with Gasteiger partial charge in [-0.25, -0.2) is 0 Å². The molecule has 26 heavy (non-hydrogen) atoms. The van der Waals surface area contributed by atoms with Crippen molar-refractivity contribution < 1.29 is 14.7 Å². The summed E-state index contributed by atoms with van der Waals surface area (Å²) in [6.07, 6.45) is 3.17. The van der Waals surface area contributed by atoms with Crippen molar-refractivity contribution in [1.29, 1.82) is 0 Å². The molecule has 1 aliphatic rings. The first-order valence-electron chi connectivity index (χ1n) is 7.63. The monoisotopic (exact) mass is 384 g/mol. The summed E-state index contributed by atoms with van der Waals surface area (Å²) in [7, 11) is 0. The number of nitrogens with zero attached hydrogens (tertiary/aromatic N) is 4. The predicted octanol–water partition coefficient (Wildman–Crippen LogP) is 3.09. The van der Waals surface area contributed by atoms with Crippen LogP contribution in [-0.2, 0) is 4.79 Å². The number of ketones is 1. The molecule has 3 aromatic heterocycles. The first kappa shape index (κ1) is 16.6. The van der Waals surface area contributed by atoms with Gasteiger partial charge in [0.25, 0.3) is 5.91 Å². The van der Waals surface area contributed by atoms with Crippen LogP contribution in [0.2, 0.25) is 0 Å². The van der Waals surface area contributed by atoms with Crippen LogP contribution in [0.25, 0.3) is 0 Å². The number of amides is 1. The number of aryl methyl sites for hydroxylation is 1. The van der Waals surface area contributed by atoms with Crippen molar-refractivity contribution in [3.63, 3.8) is 0 Å². The highest BCUT2D eigenvalue weighted by Crippen LogP contribution is 2.42. The van der Waals surface area contributed by atoms with Crippen LogP contribution < -0.4 is 4.90 Å². The molecular formula is C17H12N4O3S2. The number of Topliss-reactive ketones (excluding diaryl/α,β-unsaturated/α-hetero) is 1. The first-order valence-corrected chi connectivity index (χ1v) is 9.32. The summed E-state index contributed by atoms with van der Waals surface area (Å²) in [6, 6.07) is 6.07. The number of thiophene rings is 1. The maximum absolute atomic E-state index is 13.0. The van der Waals surface area contributed by atoms with Crippen molar-refractivity contribution in [2.45, 2.75) is 13.0 Å². The van der Waals surface area contributed by atoms with Gasteiger partial charge in [0.15, 0.2) is 5.76 Å². The molecule has 1 amide bonds. The van der Waals surface area contributed by atoms with Crippen molar-refractivity contribution in [3.8, 4) is 0 Å². The summed E-state index contributed by atoms with van der Waals surface area (Å²) < 4.78 is 0. The number of pyridine rings is 1. The minimum atomic E-state index is -0.807. The number of carbonyl (C=O) groups is 2. The van der Waals surface area contributed by atoms with Crippen molar-refractivity contribution >= 4 is 39.5 Å². The largest absolute Gasteiger partial charge is 0.503 e. The van der Waals surface area contributed by atoms with E-state index in [4.69, 9.17) is 0 Å². The van der Waals surface area contributed by atoms with E-state index in [1.54, 1.807) is 49.0 Å². The van der Waals surface area contributed by atoms with Gasteiger partial charge in [0, 0.05) is 12.4 Å². The van der Waals surface area contributed by atoms with Gasteiger partial charge in [0.1, 0.15) is 5.01 Å². The molecule has 1 aliphatic heterocycles. The summed E-state index contributed by atoms with van der Waals surface area (Å²) in [4.78, 5) is 31.6. The van der Waals surface area contributed by atoms with Gasteiger partial charge in [0.05, 0.1) is 16.5 Å². The maximum Gasteiger partial charge on any atom is 0.296 e. The number of rotatable bonds is 4. The number of aromatic nitrogens is 3. The summed E-state index contributed by atoms with van der Waals surface area (Å²) in [6.45, 7) is 1.77. The molecule has 1 unspecified atom stereocenters. The predicted molar refractivity (Wildman–Crippen MR) is 97.4 cm³/mol. The van der Waals surface area contributed by atoms with Crippen LogP contribution in [-0.4, -0.2) is 32.0 Å². The maximum atomic E-state index is 13.0. The Bertz CT molecular complexity index is 1010. The van der Waals surface area contributed by atoms with Gasteiger partial charge in [0.2, 0.25) is 10.9 Å². The summed E-state index contributed by atoms with van der Waals surface area (Å²) in [5.74, 6) is -1.62. The molecule has 1 N–H and O–H groups in total. The van der Waals surface area contributed by atoms with Gasteiger partial charge in [-0.15, -0.1) is 21.5 Å². The molecule has 130 valence electrons. The zero-order chi connectivity index (χ0) is 18.3. The second-order valence-electron chi connectivity index (χ2n) is 5.54. The number of carbonyl (C=O) groups excluding carboxylic acids is 2. The molecule has 0 saturated heterocycles. The standard InChI is InChI=1S/C17H12N4O3S2/c1-9-19-20-17(26-9)21-13(10-4-2-6-18-8-10)12(15(23)16(21)24)14(22)11-5-3-7-25-11/h2-8,13,23H,1H3. The van der Waals surface area contributed by atoms with Gasteiger partial charge in [-0.2, -0.15) is 0 Å². The number of aliphatic hydroxyl groups excluding tert-OH is 1. The Morgan fingerprint density at radius 2 is 2.12 bits per heavy atom. The molecule has 0 bridgehead atoms. The fourth-order valence-electron chi connectivity index (χ4n) is 2.81. The van der Waals surface area contributed by atoms with Crippen LogP contribution in [0.4, 0.5) is 5.13 Å². The minimum absolute atomic E-state index is 0.0262. The lowest BCUT2D eigenvalue weighted by atomic mass is 9.97. The molecule has 0 spiro atoms. The third-order valence-electron chi connectivity index (χ3n) is 3.92. The zero-order valence-corrected chi connectivity index (χ0v) is 15.1. The van der Waals surface area contributed by atoms with Crippen LogP contribution in [0.3, 0.4) is 0 Å². The molecule has 9 heteroatoms. The van der Waals surface area contributed by atoms with Crippen molar-refractivity contribution in [2.75, 3.05) is 4.90 Å². The Balaban J connectivity index is 1.88. The third kappa shape index (κ3) is 2.61. The Hall–Kier alpha value is -2.91. The molecule has 3 aromatic rings. The normalized spacial score (nSPS) is 17.2. The Labute approximate surface area is 156 Å². The number of hydrogen-bond acceptors (Lipinski definition) is 8. The SMILES string of the molecule is Cc1nnc(N2C(=O)C(O)=C(C(=O)c3cccs3)C2c2cccnc2)s1. The Morgan fingerprint density at radius 1 is 1.27 bits per heavy atom. The smallest absolute Gasteiger partial charge is 0.296 e. The van der Waals surface area contributed by atoms with E-state index in [0.29, 0.717) is 20.6 Å². The molecule has 0 saturated carbocycles.